The number of nitrogens with zero attached hydrogens (tertiary/aromatic N) is 1. The Morgan fingerprint density at radius 1 is 1.13 bits per heavy atom. The van der Waals surface area contributed by atoms with E-state index in [0.717, 1.165) is 23.4 Å². The maximum atomic E-state index is 12.3. The highest BCUT2D eigenvalue weighted by molar-refractivity contribution is 7.98. The van der Waals surface area contributed by atoms with Gasteiger partial charge in [-0.1, -0.05) is 30.3 Å². The van der Waals surface area contributed by atoms with Crippen LogP contribution < -0.4 is 10.2 Å². The Hall–Kier alpha value is -2.80. The summed E-state index contributed by atoms with van der Waals surface area (Å²) in [5.41, 5.74) is 1.99. The van der Waals surface area contributed by atoms with Gasteiger partial charge < -0.3 is 15.0 Å². The fourth-order valence-corrected chi connectivity index (χ4v) is 3.76. The maximum absolute atomic E-state index is 12.3. The van der Waals surface area contributed by atoms with Crippen LogP contribution in [0.25, 0.3) is 0 Å². The van der Waals surface area contributed by atoms with E-state index < -0.39 is 11.9 Å². The van der Waals surface area contributed by atoms with E-state index in [2.05, 4.69) is 5.32 Å². The Morgan fingerprint density at radius 2 is 1.87 bits per heavy atom. The molecule has 3 rings (SSSR count). The summed E-state index contributed by atoms with van der Waals surface area (Å²) in [5.74, 6) is -1.50. The monoisotopic (exact) mass is 426 g/mol. The molecule has 1 aliphatic rings. The summed E-state index contributed by atoms with van der Waals surface area (Å²) in [7, 11) is 0. The zero-order chi connectivity index (χ0) is 21.3. The number of nitrogens with one attached hydrogen (secondary N) is 1. The molecule has 0 radical (unpaired) electrons. The molecule has 0 bridgehead atoms. The van der Waals surface area contributed by atoms with Crippen LogP contribution >= 0.6 is 11.8 Å². The summed E-state index contributed by atoms with van der Waals surface area (Å²) in [5, 5.41) is 2.76. The molecule has 7 heteroatoms. The van der Waals surface area contributed by atoms with Crippen LogP contribution in [0.5, 0.6) is 0 Å². The van der Waals surface area contributed by atoms with Crippen molar-refractivity contribution in [1.82, 2.24) is 5.32 Å². The second-order valence-electron chi connectivity index (χ2n) is 7.15. The number of carbonyl (C=O) groups is 3. The van der Waals surface area contributed by atoms with Crippen LogP contribution in [0.2, 0.25) is 0 Å². The molecule has 6 nitrogen and oxygen atoms in total. The van der Waals surface area contributed by atoms with Crippen LogP contribution in [-0.2, 0) is 25.5 Å². The Balaban J connectivity index is 1.38. The van der Waals surface area contributed by atoms with Gasteiger partial charge in [-0.25, -0.2) is 0 Å². The summed E-state index contributed by atoms with van der Waals surface area (Å²) in [4.78, 5) is 39.2. The van der Waals surface area contributed by atoms with Crippen LogP contribution in [0.1, 0.15) is 18.4 Å². The molecule has 1 atom stereocenters. The first-order valence-corrected chi connectivity index (χ1v) is 11.2. The number of aryl methyl sites for hydroxylation is 1. The molecule has 0 saturated carbocycles. The molecule has 1 aliphatic heterocycles. The van der Waals surface area contributed by atoms with Crippen LogP contribution in [-0.4, -0.2) is 43.7 Å². The number of thioether (sulfide) groups is 1. The van der Waals surface area contributed by atoms with E-state index in [1.165, 1.54) is 5.56 Å². The number of hydrogen-bond donors (Lipinski definition) is 1. The zero-order valence-corrected chi connectivity index (χ0v) is 17.8. The Labute approximate surface area is 181 Å². The van der Waals surface area contributed by atoms with Crippen LogP contribution in [0, 0.1) is 5.92 Å². The molecule has 2 amide bonds. The number of anilines is 1. The van der Waals surface area contributed by atoms with Gasteiger partial charge in [-0.15, -0.1) is 11.8 Å². The highest BCUT2D eigenvalue weighted by Crippen LogP contribution is 2.27. The van der Waals surface area contributed by atoms with Crippen LogP contribution in [0.3, 0.4) is 0 Å². The lowest BCUT2D eigenvalue weighted by molar-refractivity contribution is -0.152. The van der Waals surface area contributed by atoms with Crippen molar-refractivity contribution in [2.75, 3.05) is 30.9 Å². The van der Waals surface area contributed by atoms with Crippen molar-refractivity contribution in [3.8, 4) is 0 Å². The minimum Gasteiger partial charge on any atom is -0.455 e. The first kappa shape index (κ1) is 21.9. The fraction of sp³-hybridized carbons (Fsp3) is 0.348. The Kier molecular flexibility index (Phi) is 7.90. The average Bonchev–Trinajstić information content (AvgIpc) is 3.17. The lowest BCUT2D eigenvalue weighted by Gasteiger charge is -2.16. The molecular weight excluding hydrogens is 400 g/mol. The SMILES string of the molecule is CSc1ccc(N2CC(C(=O)OCC(=O)NCCCc3ccccc3)CC2=O)cc1. The normalized spacial score (nSPS) is 15.8. The molecule has 1 fully saturated rings. The van der Waals surface area contributed by atoms with Gasteiger partial charge in [0.15, 0.2) is 6.61 Å². The minimum atomic E-state index is -0.552. The number of hydrogen-bond acceptors (Lipinski definition) is 5. The van der Waals surface area contributed by atoms with Gasteiger partial charge in [-0.3, -0.25) is 14.4 Å². The zero-order valence-electron chi connectivity index (χ0n) is 17.0. The van der Waals surface area contributed by atoms with E-state index in [4.69, 9.17) is 4.74 Å². The first-order valence-electron chi connectivity index (χ1n) is 9.98. The summed E-state index contributed by atoms with van der Waals surface area (Å²) in [6.07, 6.45) is 3.77. The number of benzene rings is 2. The van der Waals surface area contributed by atoms with Crippen molar-refractivity contribution in [2.45, 2.75) is 24.2 Å². The van der Waals surface area contributed by atoms with Gasteiger partial charge in [-0.2, -0.15) is 0 Å². The third-order valence-electron chi connectivity index (χ3n) is 5.00. The van der Waals surface area contributed by atoms with Gasteiger partial charge in [0, 0.05) is 30.1 Å². The minimum absolute atomic E-state index is 0.0990. The summed E-state index contributed by atoms with van der Waals surface area (Å²) >= 11 is 1.63. The number of ether oxygens (including phenoxy) is 1. The quantitative estimate of drug-likeness (QED) is 0.379. The average molecular weight is 427 g/mol. The van der Waals surface area contributed by atoms with Crippen LogP contribution in [0.4, 0.5) is 5.69 Å². The highest BCUT2D eigenvalue weighted by atomic mass is 32.2. The summed E-state index contributed by atoms with van der Waals surface area (Å²) < 4.78 is 5.14. The number of esters is 1. The molecule has 1 heterocycles. The smallest absolute Gasteiger partial charge is 0.311 e. The van der Waals surface area contributed by atoms with Crippen LogP contribution in [0.15, 0.2) is 59.5 Å². The molecule has 0 spiro atoms. The molecule has 158 valence electrons. The molecule has 1 saturated heterocycles. The van der Waals surface area contributed by atoms with Gasteiger partial charge in [-0.05, 0) is 48.9 Å². The molecule has 0 aromatic heterocycles. The lowest BCUT2D eigenvalue weighted by atomic mass is 10.1. The van der Waals surface area contributed by atoms with Gasteiger partial charge >= 0.3 is 5.97 Å². The molecule has 2 aromatic rings. The number of amides is 2. The van der Waals surface area contributed by atoms with E-state index >= 15 is 0 Å². The van der Waals surface area contributed by atoms with Crippen molar-refractivity contribution in [3.05, 3.63) is 60.2 Å². The summed E-state index contributed by atoms with van der Waals surface area (Å²) in [6.45, 7) is 0.471. The van der Waals surface area contributed by atoms with Crippen molar-refractivity contribution >= 4 is 35.2 Å². The standard InChI is InChI=1S/C23H26N2O4S/c1-30-20-11-9-19(10-12-20)25-15-18(14-22(25)27)23(28)29-16-21(26)24-13-5-8-17-6-3-2-4-7-17/h2-4,6-7,9-12,18H,5,8,13-16H2,1H3,(H,24,26). The largest absolute Gasteiger partial charge is 0.455 e. The van der Waals surface area contributed by atoms with E-state index in [9.17, 15) is 14.4 Å². The second-order valence-corrected chi connectivity index (χ2v) is 8.03. The molecule has 30 heavy (non-hydrogen) atoms. The van der Waals surface area contributed by atoms with Crippen molar-refractivity contribution in [1.29, 1.82) is 0 Å². The van der Waals surface area contributed by atoms with E-state index in [1.54, 1.807) is 16.7 Å². The third kappa shape index (κ3) is 6.10. The predicted octanol–water partition coefficient (Wildman–Crippen LogP) is 3.05. The molecule has 0 aliphatic carbocycles. The van der Waals surface area contributed by atoms with Gasteiger partial charge in [0.1, 0.15) is 0 Å². The highest BCUT2D eigenvalue weighted by Gasteiger charge is 2.36. The fourth-order valence-electron chi connectivity index (χ4n) is 3.35. The molecule has 1 N–H and O–H groups in total. The molecule has 2 aromatic carbocycles. The summed E-state index contributed by atoms with van der Waals surface area (Å²) in [6, 6.07) is 17.7. The van der Waals surface area contributed by atoms with E-state index in [0.29, 0.717) is 6.54 Å². The Morgan fingerprint density at radius 3 is 2.57 bits per heavy atom. The molecular formula is C23H26N2O4S. The Bertz CT molecular complexity index is 871. The second kappa shape index (κ2) is 10.8. The first-order chi connectivity index (χ1) is 14.6. The molecule has 1 unspecified atom stereocenters. The topological polar surface area (TPSA) is 75.7 Å². The van der Waals surface area contributed by atoms with Gasteiger partial charge in [0.25, 0.3) is 5.91 Å². The van der Waals surface area contributed by atoms with Gasteiger partial charge in [0.05, 0.1) is 5.92 Å². The van der Waals surface area contributed by atoms with Crippen molar-refractivity contribution in [2.24, 2.45) is 5.92 Å². The van der Waals surface area contributed by atoms with Crippen molar-refractivity contribution in [3.63, 3.8) is 0 Å². The maximum Gasteiger partial charge on any atom is 0.311 e. The number of rotatable bonds is 9. The third-order valence-corrected chi connectivity index (χ3v) is 5.74. The lowest BCUT2D eigenvalue weighted by Crippen LogP contribution is -2.32. The van der Waals surface area contributed by atoms with E-state index in [-0.39, 0.29) is 31.4 Å². The van der Waals surface area contributed by atoms with Crippen molar-refractivity contribution < 1.29 is 19.1 Å². The van der Waals surface area contributed by atoms with Gasteiger partial charge in [0.2, 0.25) is 5.91 Å². The van der Waals surface area contributed by atoms with E-state index in [1.807, 2.05) is 60.9 Å². The number of carbonyl (C=O) groups excluding carboxylic acids is 3. The predicted molar refractivity (Wildman–Crippen MR) is 117 cm³/mol.